The zero-order valence-electron chi connectivity index (χ0n) is 12.4. The first kappa shape index (κ1) is 16.5. The highest BCUT2D eigenvalue weighted by molar-refractivity contribution is 9.10. The van der Waals surface area contributed by atoms with Crippen LogP contribution >= 0.6 is 31.9 Å². The van der Waals surface area contributed by atoms with Crippen molar-refractivity contribution in [2.45, 2.75) is 52.4 Å². The summed E-state index contributed by atoms with van der Waals surface area (Å²) in [7, 11) is 0. The van der Waals surface area contributed by atoms with Crippen LogP contribution in [0.5, 0.6) is 0 Å². The highest BCUT2D eigenvalue weighted by Crippen LogP contribution is 2.25. The lowest BCUT2D eigenvalue weighted by Gasteiger charge is -2.37. The van der Waals surface area contributed by atoms with Crippen LogP contribution in [0.3, 0.4) is 0 Å². The van der Waals surface area contributed by atoms with Crippen LogP contribution in [0.1, 0.15) is 32.2 Å². The molecule has 2 rings (SSSR count). The van der Waals surface area contributed by atoms with Crippen molar-refractivity contribution in [3.05, 3.63) is 15.9 Å². The van der Waals surface area contributed by atoms with Gasteiger partial charge in [0.25, 0.3) is 0 Å². The molecule has 0 saturated carbocycles. The molecule has 0 aliphatic carbocycles. The Hall–Kier alpha value is 0.0900. The topological polar surface area (TPSA) is 30.3 Å². The van der Waals surface area contributed by atoms with E-state index in [1.807, 2.05) is 0 Å². The van der Waals surface area contributed by atoms with Gasteiger partial charge in [-0.15, -0.1) is 0 Å². The summed E-state index contributed by atoms with van der Waals surface area (Å²) in [4.78, 5) is 2.49. The number of hydrogen-bond acceptors (Lipinski definition) is 3. The molecule has 1 aromatic heterocycles. The minimum atomic E-state index is 0.286. The van der Waals surface area contributed by atoms with Gasteiger partial charge in [0.15, 0.2) is 0 Å². The lowest BCUT2D eigenvalue weighted by atomic mass is 10.2. The smallest absolute Gasteiger partial charge is 0.0799 e. The Balaban J connectivity index is 2.17. The highest BCUT2D eigenvalue weighted by Gasteiger charge is 2.27. The molecule has 2 heterocycles. The number of hydrogen-bond donors (Lipinski definition) is 0. The van der Waals surface area contributed by atoms with Crippen LogP contribution in [0.15, 0.2) is 4.47 Å². The third-order valence-corrected chi connectivity index (χ3v) is 5.49. The van der Waals surface area contributed by atoms with Gasteiger partial charge < -0.3 is 4.74 Å². The third kappa shape index (κ3) is 3.46. The predicted molar refractivity (Wildman–Crippen MR) is 88.4 cm³/mol. The largest absolute Gasteiger partial charge is 0.374 e. The van der Waals surface area contributed by atoms with E-state index in [0.717, 1.165) is 43.7 Å². The molecular formula is C14H23Br2N3O. The molecule has 6 heteroatoms. The van der Waals surface area contributed by atoms with Crippen LogP contribution < -0.4 is 0 Å². The molecule has 0 aromatic carbocycles. The Morgan fingerprint density at radius 1 is 1.40 bits per heavy atom. The molecular weight excluding hydrogens is 386 g/mol. The van der Waals surface area contributed by atoms with E-state index in [-0.39, 0.29) is 6.10 Å². The quantitative estimate of drug-likeness (QED) is 0.700. The Bertz CT molecular complexity index is 450. The van der Waals surface area contributed by atoms with Crippen molar-refractivity contribution in [3.8, 4) is 0 Å². The minimum absolute atomic E-state index is 0.286. The van der Waals surface area contributed by atoms with Crippen LogP contribution in [-0.2, 0) is 24.2 Å². The van der Waals surface area contributed by atoms with Gasteiger partial charge in [-0.05, 0) is 36.2 Å². The number of nitrogens with zero attached hydrogens (tertiary/aromatic N) is 3. The minimum Gasteiger partial charge on any atom is -0.374 e. The van der Waals surface area contributed by atoms with Crippen LogP contribution in [-0.4, -0.2) is 45.3 Å². The van der Waals surface area contributed by atoms with E-state index in [1.165, 1.54) is 10.2 Å². The summed E-state index contributed by atoms with van der Waals surface area (Å²) in [5.74, 6) is 0. The number of aromatic nitrogens is 2. The second kappa shape index (κ2) is 7.38. The van der Waals surface area contributed by atoms with Crippen LogP contribution in [0.4, 0.5) is 0 Å². The summed E-state index contributed by atoms with van der Waals surface area (Å²) in [6.07, 6.45) is 1.25. The van der Waals surface area contributed by atoms with Crippen molar-refractivity contribution < 1.29 is 4.74 Å². The second-order valence-corrected chi connectivity index (χ2v) is 6.71. The fourth-order valence-electron chi connectivity index (χ4n) is 2.55. The number of halogens is 2. The van der Waals surface area contributed by atoms with Gasteiger partial charge in [-0.25, -0.2) is 0 Å². The number of aryl methyl sites for hydroxylation is 2. The average molecular weight is 409 g/mol. The maximum absolute atomic E-state index is 5.80. The summed E-state index contributed by atoms with van der Waals surface area (Å²) < 4.78 is 9.09. The SMILES string of the molecule is CCc1nn(CC)c(CN2CC(CBr)OCC2C)c1Br. The molecule has 2 atom stereocenters. The first-order chi connectivity index (χ1) is 9.60. The molecule has 1 fully saturated rings. The Morgan fingerprint density at radius 2 is 2.15 bits per heavy atom. The van der Waals surface area contributed by atoms with E-state index in [2.05, 4.69) is 67.3 Å². The molecule has 0 bridgehead atoms. The molecule has 0 spiro atoms. The zero-order valence-corrected chi connectivity index (χ0v) is 15.6. The molecule has 0 radical (unpaired) electrons. The number of morpholine rings is 1. The zero-order chi connectivity index (χ0) is 14.7. The van der Waals surface area contributed by atoms with E-state index < -0.39 is 0 Å². The van der Waals surface area contributed by atoms with E-state index in [4.69, 9.17) is 4.74 Å². The molecule has 114 valence electrons. The molecule has 2 unspecified atom stereocenters. The van der Waals surface area contributed by atoms with E-state index in [9.17, 15) is 0 Å². The van der Waals surface area contributed by atoms with Crippen LogP contribution in [0, 0.1) is 0 Å². The summed E-state index contributed by atoms with van der Waals surface area (Å²) in [6, 6.07) is 0.447. The summed E-state index contributed by atoms with van der Waals surface area (Å²) in [5, 5.41) is 5.57. The maximum atomic E-state index is 5.80. The number of alkyl halides is 1. The second-order valence-electron chi connectivity index (χ2n) is 5.26. The lowest BCUT2D eigenvalue weighted by molar-refractivity contribution is -0.0508. The molecule has 1 aliphatic heterocycles. The molecule has 1 saturated heterocycles. The fraction of sp³-hybridized carbons (Fsp3) is 0.786. The average Bonchev–Trinajstić information content (AvgIpc) is 2.77. The van der Waals surface area contributed by atoms with E-state index >= 15 is 0 Å². The van der Waals surface area contributed by atoms with Gasteiger partial charge in [0, 0.05) is 31.0 Å². The monoisotopic (exact) mass is 407 g/mol. The molecule has 4 nitrogen and oxygen atoms in total. The lowest BCUT2D eigenvalue weighted by Crippen LogP contribution is -2.48. The standard InChI is InChI=1S/C14H23Br2N3O/c1-4-12-14(16)13(19(5-2)17-12)8-18-7-11(6-15)20-9-10(18)3/h10-11H,4-9H2,1-3H3. The van der Waals surface area contributed by atoms with Gasteiger partial charge in [-0.3, -0.25) is 9.58 Å². The molecule has 1 aliphatic rings. The Morgan fingerprint density at radius 3 is 2.75 bits per heavy atom. The van der Waals surface area contributed by atoms with Gasteiger partial charge in [0.1, 0.15) is 0 Å². The van der Waals surface area contributed by atoms with Crippen molar-refractivity contribution in [3.63, 3.8) is 0 Å². The highest BCUT2D eigenvalue weighted by atomic mass is 79.9. The van der Waals surface area contributed by atoms with Crippen molar-refractivity contribution in [1.82, 2.24) is 14.7 Å². The van der Waals surface area contributed by atoms with Crippen molar-refractivity contribution in [2.24, 2.45) is 0 Å². The van der Waals surface area contributed by atoms with E-state index in [1.54, 1.807) is 0 Å². The molecule has 20 heavy (non-hydrogen) atoms. The Kier molecular flexibility index (Phi) is 6.08. The summed E-state index contributed by atoms with van der Waals surface area (Å²) >= 11 is 7.25. The van der Waals surface area contributed by atoms with Crippen LogP contribution in [0.2, 0.25) is 0 Å². The normalized spacial score (nSPS) is 24.2. The predicted octanol–water partition coefficient (Wildman–Crippen LogP) is 3.21. The number of rotatable bonds is 5. The van der Waals surface area contributed by atoms with Gasteiger partial charge >= 0.3 is 0 Å². The molecule has 0 amide bonds. The molecule has 1 aromatic rings. The van der Waals surface area contributed by atoms with Gasteiger partial charge in [-0.1, -0.05) is 22.9 Å². The van der Waals surface area contributed by atoms with Gasteiger partial charge in [0.05, 0.1) is 28.6 Å². The van der Waals surface area contributed by atoms with Crippen molar-refractivity contribution in [2.75, 3.05) is 18.5 Å². The van der Waals surface area contributed by atoms with Crippen LogP contribution in [0.25, 0.3) is 0 Å². The van der Waals surface area contributed by atoms with E-state index in [0.29, 0.717) is 6.04 Å². The van der Waals surface area contributed by atoms with Gasteiger partial charge in [-0.2, -0.15) is 5.10 Å². The maximum Gasteiger partial charge on any atom is 0.0799 e. The van der Waals surface area contributed by atoms with Gasteiger partial charge in [0.2, 0.25) is 0 Å². The van der Waals surface area contributed by atoms with Crippen molar-refractivity contribution in [1.29, 1.82) is 0 Å². The summed E-state index contributed by atoms with van der Waals surface area (Å²) in [6.45, 7) is 10.1. The molecule has 0 N–H and O–H groups in total. The first-order valence-corrected chi connectivity index (χ1v) is 9.17. The number of ether oxygens (including phenoxy) is 1. The fourth-order valence-corrected chi connectivity index (χ4v) is 3.63. The third-order valence-electron chi connectivity index (χ3n) is 3.85. The first-order valence-electron chi connectivity index (χ1n) is 7.26. The Labute approximate surface area is 138 Å². The summed E-state index contributed by atoms with van der Waals surface area (Å²) in [5.41, 5.74) is 2.44. The van der Waals surface area contributed by atoms with Crippen molar-refractivity contribution >= 4 is 31.9 Å².